The van der Waals surface area contributed by atoms with E-state index in [-0.39, 0.29) is 0 Å². The molecule has 1 unspecified atom stereocenters. The number of carbonyl (C=O) groups is 2. The zero-order valence-corrected chi connectivity index (χ0v) is 8.34. The number of nitro groups is 1. The van der Waals surface area contributed by atoms with E-state index in [2.05, 4.69) is 0 Å². The highest BCUT2D eigenvalue weighted by atomic mass is 19.1. The monoisotopic (exact) mass is 225 g/mol. The summed E-state index contributed by atoms with van der Waals surface area (Å²) in [4.78, 5) is 31.9. The van der Waals surface area contributed by atoms with Gasteiger partial charge in [-0.1, -0.05) is 12.1 Å². The molecule has 0 amide bonds. The van der Waals surface area contributed by atoms with Crippen molar-refractivity contribution >= 4 is 17.3 Å². The Kier molecular flexibility index (Phi) is 3.44. The van der Waals surface area contributed by atoms with Crippen LogP contribution in [0.2, 0.25) is 0 Å². The standard InChI is InChI=1S/C10H8FNO4/c1-6(13)9(11)10(14)7-4-2-3-5-8(7)12(15)16/h2-5,9H,1H3. The number of nitro benzene ring substituents is 1. The van der Waals surface area contributed by atoms with E-state index in [4.69, 9.17) is 0 Å². The molecule has 6 heteroatoms. The van der Waals surface area contributed by atoms with E-state index in [0.717, 1.165) is 19.1 Å². The average molecular weight is 225 g/mol. The topological polar surface area (TPSA) is 77.3 Å². The first-order chi connectivity index (χ1) is 7.45. The van der Waals surface area contributed by atoms with Crippen molar-refractivity contribution in [3.8, 4) is 0 Å². The van der Waals surface area contributed by atoms with Crippen LogP contribution in [-0.2, 0) is 4.79 Å². The summed E-state index contributed by atoms with van der Waals surface area (Å²) >= 11 is 0. The molecule has 1 aromatic carbocycles. The molecule has 0 aliphatic rings. The maximum atomic E-state index is 13.1. The molecule has 0 aromatic heterocycles. The number of hydrogen-bond donors (Lipinski definition) is 0. The molecule has 0 aliphatic carbocycles. The van der Waals surface area contributed by atoms with Crippen LogP contribution in [0.25, 0.3) is 0 Å². The van der Waals surface area contributed by atoms with Gasteiger partial charge in [0.05, 0.1) is 10.5 Å². The fourth-order valence-corrected chi connectivity index (χ4v) is 1.16. The second kappa shape index (κ2) is 4.61. The molecule has 0 heterocycles. The third-order valence-corrected chi connectivity index (χ3v) is 1.95. The number of hydrogen-bond acceptors (Lipinski definition) is 4. The number of para-hydroxylation sites is 1. The molecule has 0 N–H and O–H groups in total. The minimum Gasteiger partial charge on any atom is -0.296 e. The number of rotatable bonds is 4. The third-order valence-electron chi connectivity index (χ3n) is 1.95. The minimum atomic E-state index is -2.35. The number of benzene rings is 1. The highest BCUT2D eigenvalue weighted by Crippen LogP contribution is 2.20. The third kappa shape index (κ3) is 2.28. The fourth-order valence-electron chi connectivity index (χ4n) is 1.16. The number of nitrogens with zero attached hydrogens (tertiary/aromatic N) is 1. The Morgan fingerprint density at radius 2 is 1.94 bits per heavy atom. The Balaban J connectivity index is 3.18. The summed E-state index contributed by atoms with van der Waals surface area (Å²) in [5, 5.41) is 10.6. The van der Waals surface area contributed by atoms with Crippen LogP contribution < -0.4 is 0 Å². The highest BCUT2D eigenvalue weighted by Gasteiger charge is 2.29. The lowest BCUT2D eigenvalue weighted by Gasteiger charge is -2.03. The van der Waals surface area contributed by atoms with Crippen molar-refractivity contribution in [2.45, 2.75) is 13.1 Å². The van der Waals surface area contributed by atoms with E-state index in [1.165, 1.54) is 12.1 Å². The molecule has 0 saturated heterocycles. The maximum absolute atomic E-state index is 13.1. The summed E-state index contributed by atoms with van der Waals surface area (Å²) in [5.74, 6) is -2.15. The van der Waals surface area contributed by atoms with Crippen LogP contribution in [0, 0.1) is 10.1 Å². The molecular formula is C10H8FNO4. The quantitative estimate of drug-likeness (QED) is 0.338. The first-order valence-corrected chi connectivity index (χ1v) is 4.37. The Hall–Kier alpha value is -2.11. The van der Waals surface area contributed by atoms with Gasteiger partial charge < -0.3 is 0 Å². The molecular weight excluding hydrogens is 217 g/mol. The van der Waals surface area contributed by atoms with E-state index in [1.54, 1.807) is 0 Å². The molecule has 1 atom stereocenters. The van der Waals surface area contributed by atoms with Crippen LogP contribution in [-0.4, -0.2) is 22.7 Å². The Bertz CT molecular complexity index is 458. The number of ketones is 2. The first kappa shape index (κ1) is 12.0. The molecule has 84 valence electrons. The smallest absolute Gasteiger partial charge is 0.280 e. The van der Waals surface area contributed by atoms with Crippen molar-refractivity contribution in [2.24, 2.45) is 0 Å². The highest BCUT2D eigenvalue weighted by molar-refractivity contribution is 6.14. The summed E-state index contributed by atoms with van der Waals surface area (Å²) in [7, 11) is 0. The maximum Gasteiger partial charge on any atom is 0.280 e. The van der Waals surface area contributed by atoms with E-state index < -0.39 is 33.9 Å². The number of Topliss-reactive ketones (excluding diaryl/α,β-unsaturated/α-hetero) is 2. The van der Waals surface area contributed by atoms with E-state index in [1.807, 2.05) is 0 Å². The lowest BCUT2D eigenvalue weighted by molar-refractivity contribution is -0.385. The lowest BCUT2D eigenvalue weighted by atomic mass is 10.0. The predicted octanol–water partition coefficient (Wildman–Crippen LogP) is 1.70. The van der Waals surface area contributed by atoms with Gasteiger partial charge in [-0.3, -0.25) is 19.7 Å². The van der Waals surface area contributed by atoms with Crippen LogP contribution in [0.15, 0.2) is 24.3 Å². The summed E-state index contributed by atoms with van der Waals surface area (Å²) in [6.07, 6.45) is -2.35. The number of halogens is 1. The van der Waals surface area contributed by atoms with Crippen LogP contribution in [0.3, 0.4) is 0 Å². The van der Waals surface area contributed by atoms with Crippen LogP contribution in [0.5, 0.6) is 0 Å². The molecule has 0 saturated carbocycles. The molecule has 0 radical (unpaired) electrons. The largest absolute Gasteiger partial charge is 0.296 e. The van der Waals surface area contributed by atoms with Gasteiger partial charge in [-0.2, -0.15) is 0 Å². The molecule has 1 rings (SSSR count). The summed E-state index contributed by atoms with van der Waals surface area (Å²) in [5.41, 5.74) is -0.897. The SMILES string of the molecule is CC(=O)C(F)C(=O)c1ccccc1[N+](=O)[O-]. The first-order valence-electron chi connectivity index (χ1n) is 4.37. The van der Waals surface area contributed by atoms with Gasteiger partial charge >= 0.3 is 0 Å². The van der Waals surface area contributed by atoms with Crippen molar-refractivity contribution in [2.75, 3.05) is 0 Å². The van der Waals surface area contributed by atoms with Crippen LogP contribution in [0.1, 0.15) is 17.3 Å². The summed E-state index contributed by atoms with van der Waals surface area (Å²) in [6.45, 7) is 0.914. The summed E-state index contributed by atoms with van der Waals surface area (Å²) in [6, 6.07) is 4.93. The summed E-state index contributed by atoms with van der Waals surface area (Å²) < 4.78 is 13.1. The minimum absolute atomic E-state index is 0.393. The number of alkyl halides is 1. The Morgan fingerprint density at radius 3 is 2.44 bits per heavy atom. The second-order valence-electron chi connectivity index (χ2n) is 3.11. The van der Waals surface area contributed by atoms with Crippen molar-refractivity contribution < 1.29 is 18.9 Å². The van der Waals surface area contributed by atoms with Gasteiger partial charge in [0.1, 0.15) is 0 Å². The van der Waals surface area contributed by atoms with Gasteiger partial charge in [0.25, 0.3) is 5.69 Å². The molecule has 0 fully saturated rings. The van der Waals surface area contributed by atoms with Crippen molar-refractivity contribution in [1.82, 2.24) is 0 Å². The van der Waals surface area contributed by atoms with Gasteiger partial charge in [-0.25, -0.2) is 4.39 Å². The molecule has 0 spiro atoms. The van der Waals surface area contributed by atoms with Gasteiger partial charge in [0.2, 0.25) is 12.0 Å². The van der Waals surface area contributed by atoms with Crippen molar-refractivity contribution in [3.63, 3.8) is 0 Å². The Labute approximate surface area is 90.0 Å². The second-order valence-corrected chi connectivity index (χ2v) is 3.11. The van der Waals surface area contributed by atoms with E-state index >= 15 is 0 Å². The fraction of sp³-hybridized carbons (Fsp3) is 0.200. The zero-order valence-electron chi connectivity index (χ0n) is 8.34. The van der Waals surface area contributed by atoms with Gasteiger partial charge in [0, 0.05) is 6.07 Å². The molecule has 16 heavy (non-hydrogen) atoms. The molecule has 5 nitrogen and oxygen atoms in total. The van der Waals surface area contributed by atoms with Crippen molar-refractivity contribution in [3.05, 3.63) is 39.9 Å². The zero-order chi connectivity index (χ0) is 12.3. The molecule has 0 aliphatic heterocycles. The van der Waals surface area contributed by atoms with Gasteiger partial charge in [-0.05, 0) is 13.0 Å². The Morgan fingerprint density at radius 1 is 1.38 bits per heavy atom. The predicted molar refractivity (Wildman–Crippen MR) is 53.0 cm³/mol. The van der Waals surface area contributed by atoms with Gasteiger partial charge in [0.15, 0.2) is 5.78 Å². The molecule has 1 aromatic rings. The number of carbonyl (C=O) groups excluding carboxylic acids is 2. The van der Waals surface area contributed by atoms with Crippen LogP contribution >= 0.6 is 0 Å². The van der Waals surface area contributed by atoms with Crippen molar-refractivity contribution in [1.29, 1.82) is 0 Å². The van der Waals surface area contributed by atoms with Crippen LogP contribution in [0.4, 0.5) is 10.1 Å². The van der Waals surface area contributed by atoms with E-state index in [9.17, 15) is 24.1 Å². The average Bonchev–Trinajstić information content (AvgIpc) is 2.26. The molecule has 0 bridgehead atoms. The normalized spacial score (nSPS) is 11.9. The lowest BCUT2D eigenvalue weighted by Crippen LogP contribution is -2.24. The van der Waals surface area contributed by atoms with E-state index in [0.29, 0.717) is 0 Å². The van der Waals surface area contributed by atoms with Gasteiger partial charge in [-0.15, -0.1) is 0 Å².